The summed E-state index contributed by atoms with van der Waals surface area (Å²) in [5.41, 5.74) is 0.318. The topological polar surface area (TPSA) is 104 Å². The Morgan fingerprint density at radius 1 is 1.05 bits per heavy atom. The number of epoxide rings is 1. The number of hydrogen-bond donors (Lipinski definition) is 1. The molecular weight excluding hydrogens is 476 g/mol. The lowest BCUT2D eigenvalue weighted by molar-refractivity contribution is -0.232. The SMILES string of the molecule is CC1=CC2OC3CC4OC(=O)/C=C\C=C\C(C(C)O)OCC/C(C)=C/C(=O)OCC2(CC1)C4(C)C31CO1. The molecule has 2 saturated heterocycles. The number of rotatable bonds is 1. The Kier molecular flexibility index (Phi) is 6.98. The van der Waals surface area contributed by atoms with Gasteiger partial charge in [0.15, 0.2) is 0 Å². The summed E-state index contributed by atoms with van der Waals surface area (Å²) in [6.07, 6.45) is 10.5. The average molecular weight is 515 g/mol. The Bertz CT molecular complexity index is 1050. The Labute approximate surface area is 218 Å². The van der Waals surface area contributed by atoms with Crippen LogP contribution in [0.5, 0.6) is 0 Å². The van der Waals surface area contributed by atoms with E-state index in [2.05, 4.69) is 19.9 Å². The molecule has 2 aliphatic carbocycles. The number of allylic oxidation sites excluding steroid dienone is 3. The van der Waals surface area contributed by atoms with E-state index >= 15 is 0 Å². The van der Waals surface area contributed by atoms with E-state index in [4.69, 9.17) is 23.7 Å². The second kappa shape index (κ2) is 9.80. The van der Waals surface area contributed by atoms with Crippen molar-refractivity contribution in [3.8, 4) is 0 Å². The van der Waals surface area contributed by atoms with Gasteiger partial charge in [-0.2, -0.15) is 0 Å². The summed E-state index contributed by atoms with van der Waals surface area (Å²) >= 11 is 0. The first-order valence-electron chi connectivity index (χ1n) is 13.3. The number of ether oxygens (including phenoxy) is 5. The monoisotopic (exact) mass is 514 g/mol. The fourth-order valence-corrected chi connectivity index (χ4v) is 6.85. The molecule has 1 saturated carbocycles. The molecule has 8 atom stereocenters. The van der Waals surface area contributed by atoms with Crippen LogP contribution in [0.15, 0.2) is 47.6 Å². The van der Waals surface area contributed by atoms with Crippen LogP contribution >= 0.6 is 0 Å². The van der Waals surface area contributed by atoms with Gasteiger partial charge in [-0.3, -0.25) is 0 Å². The van der Waals surface area contributed by atoms with Crippen LogP contribution in [0.4, 0.5) is 0 Å². The maximum atomic E-state index is 12.9. The summed E-state index contributed by atoms with van der Waals surface area (Å²) in [4.78, 5) is 25.9. The number of aliphatic hydroxyl groups is 1. The minimum Gasteiger partial charge on any atom is -0.462 e. The summed E-state index contributed by atoms with van der Waals surface area (Å²) in [6, 6.07) is 0. The first-order chi connectivity index (χ1) is 17.6. The van der Waals surface area contributed by atoms with Gasteiger partial charge < -0.3 is 28.8 Å². The molecule has 0 amide bonds. The molecule has 0 aromatic carbocycles. The lowest BCUT2D eigenvalue weighted by atomic mass is 9.51. The number of esters is 2. The molecule has 1 N–H and O–H groups in total. The number of carbonyl (C=O) groups excluding carboxylic acids is 2. The third-order valence-corrected chi connectivity index (χ3v) is 9.24. The fraction of sp³-hybridized carbons (Fsp3) is 0.655. The smallest absolute Gasteiger partial charge is 0.331 e. The van der Waals surface area contributed by atoms with Crippen LogP contribution in [-0.4, -0.2) is 73.0 Å². The molecule has 0 aromatic heterocycles. The van der Waals surface area contributed by atoms with E-state index in [9.17, 15) is 14.7 Å². The maximum absolute atomic E-state index is 12.9. The van der Waals surface area contributed by atoms with Gasteiger partial charge in [-0.15, -0.1) is 0 Å². The predicted molar refractivity (Wildman–Crippen MR) is 134 cm³/mol. The molecule has 3 aliphatic heterocycles. The summed E-state index contributed by atoms with van der Waals surface area (Å²) < 4.78 is 30.6. The van der Waals surface area contributed by atoms with Crippen molar-refractivity contribution in [1.82, 2.24) is 0 Å². The van der Waals surface area contributed by atoms with Gasteiger partial charge in [-0.05, 0) is 40.0 Å². The van der Waals surface area contributed by atoms with Gasteiger partial charge in [0.25, 0.3) is 0 Å². The lowest BCUT2D eigenvalue weighted by Crippen LogP contribution is -2.66. The Balaban J connectivity index is 1.51. The van der Waals surface area contributed by atoms with Gasteiger partial charge in [0, 0.05) is 24.0 Å². The third kappa shape index (κ3) is 4.42. The molecule has 3 heterocycles. The van der Waals surface area contributed by atoms with Crippen LogP contribution in [0, 0.1) is 10.8 Å². The largest absolute Gasteiger partial charge is 0.462 e. The van der Waals surface area contributed by atoms with Gasteiger partial charge >= 0.3 is 11.9 Å². The van der Waals surface area contributed by atoms with Crippen molar-refractivity contribution in [2.24, 2.45) is 10.8 Å². The second-order valence-corrected chi connectivity index (χ2v) is 11.4. The average Bonchev–Trinajstić information content (AvgIpc) is 3.61. The molecule has 2 spiro atoms. The van der Waals surface area contributed by atoms with Crippen LogP contribution in [0.2, 0.25) is 0 Å². The van der Waals surface area contributed by atoms with Crippen molar-refractivity contribution >= 4 is 11.9 Å². The first kappa shape index (κ1) is 26.4. The number of aliphatic hydroxyl groups excluding tert-OH is 1. The van der Waals surface area contributed by atoms with Gasteiger partial charge in [-0.1, -0.05) is 42.4 Å². The zero-order valence-corrected chi connectivity index (χ0v) is 22.1. The zero-order chi connectivity index (χ0) is 26.4. The number of carbonyl (C=O) groups is 2. The highest BCUT2D eigenvalue weighted by molar-refractivity contribution is 5.83. The number of hydrogen-bond acceptors (Lipinski definition) is 8. The molecule has 5 rings (SSSR count). The Hall–Kier alpha value is -2.26. The van der Waals surface area contributed by atoms with Crippen molar-refractivity contribution in [2.75, 3.05) is 19.8 Å². The van der Waals surface area contributed by atoms with Crippen molar-refractivity contribution in [3.05, 3.63) is 47.6 Å². The molecule has 3 fully saturated rings. The van der Waals surface area contributed by atoms with Gasteiger partial charge in [0.1, 0.15) is 24.4 Å². The molecule has 0 aromatic rings. The van der Waals surface area contributed by atoms with E-state index in [0.29, 0.717) is 26.1 Å². The Morgan fingerprint density at radius 2 is 1.84 bits per heavy atom. The van der Waals surface area contributed by atoms with Crippen LogP contribution in [0.3, 0.4) is 0 Å². The molecule has 2 bridgehead atoms. The predicted octanol–water partition coefficient (Wildman–Crippen LogP) is 3.34. The van der Waals surface area contributed by atoms with Gasteiger partial charge in [0.05, 0.1) is 36.9 Å². The molecule has 8 unspecified atom stereocenters. The minimum atomic E-state index is -0.735. The maximum Gasteiger partial charge on any atom is 0.331 e. The van der Waals surface area contributed by atoms with E-state index in [-0.39, 0.29) is 18.8 Å². The third-order valence-electron chi connectivity index (χ3n) is 9.24. The van der Waals surface area contributed by atoms with E-state index in [1.54, 1.807) is 25.2 Å². The van der Waals surface area contributed by atoms with Crippen molar-refractivity contribution < 1.29 is 38.4 Å². The highest BCUT2D eigenvalue weighted by atomic mass is 16.6. The Morgan fingerprint density at radius 3 is 2.57 bits per heavy atom. The highest BCUT2D eigenvalue weighted by Gasteiger charge is 2.83. The molecule has 37 heavy (non-hydrogen) atoms. The summed E-state index contributed by atoms with van der Waals surface area (Å²) in [7, 11) is 0. The quantitative estimate of drug-likeness (QED) is 0.323. The van der Waals surface area contributed by atoms with Crippen LogP contribution in [-0.2, 0) is 33.3 Å². The van der Waals surface area contributed by atoms with Gasteiger partial charge in [-0.25, -0.2) is 9.59 Å². The van der Waals surface area contributed by atoms with Crippen molar-refractivity contribution in [3.63, 3.8) is 0 Å². The standard InChI is InChI=1S/C29H38O8/c1-18-9-11-28-16-34-26(32)14-19(2)10-12-33-21(20(3)30)7-5-6-8-25(31)37-22-15-24(36-23(28)13-18)29(17-35-29)27(22,28)4/h5-8,13-14,20-24,30H,9-12,15-17H2,1-4H3/b7-5+,8-6-,19-14+. The molecule has 0 radical (unpaired) electrons. The van der Waals surface area contributed by atoms with Crippen LogP contribution < -0.4 is 0 Å². The van der Waals surface area contributed by atoms with Crippen LogP contribution in [0.1, 0.15) is 53.4 Å². The highest BCUT2D eigenvalue weighted by Crippen LogP contribution is 2.72. The normalized spacial score (nSPS) is 46.2. The van der Waals surface area contributed by atoms with E-state index < -0.39 is 46.7 Å². The van der Waals surface area contributed by atoms with E-state index in [1.807, 2.05) is 6.92 Å². The summed E-state index contributed by atoms with van der Waals surface area (Å²) in [6.45, 7) is 8.73. The molecule has 202 valence electrons. The van der Waals surface area contributed by atoms with Gasteiger partial charge in [0.2, 0.25) is 0 Å². The minimum absolute atomic E-state index is 0.144. The molecule has 8 nitrogen and oxygen atoms in total. The van der Waals surface area contributed by atoms with Crippen LogP contribution in [0.25, 0.3) is 0 Å². The first-order valence-corrected chi connectivity index (χ1v) is 13.3. The lowest BCUT2D eigenvalue weighted by Gasteiger charge is -2.58. The van der Waals surface area contributed by atoms with E-state index in [1.165, 1.54) is 17.7 Å². The summed E-state index contributed by atoms with van der Waals surface area (Å²) in [5.74, 6) is -0.879. The fourth-order valence-electron chi connectivity index (χ4n) is 6.85. The van der Waals surface area contributed by atoms with Crippen molar-refractivity contribution in [2.45, 2.75) is 89.5 Å². The van der Waals surface area contributed by atoms with Crippen molar-refractivity contribution in [1.29, 1.82) is 0 Å². The molecule has 8 heteroatoms. The second-order valence-electron chi connectivity index (χ2n) is 11.4. The van der Waals surface area contributed by atoms with E-state index in [0.717, 1.165) is 18.4 Å². The molecule has 5 aliphatic rings. The number of cyclic esters (lactones) is 1. The summed E-state index contributed by atoms with van der Waals surface area (Å²) in [5, 5.41) is 10.0. The molecular formula is C29H38O8. The zero-order valence-electron chi connectivity index (χ0n) is 22.1.